The van der Waals surface area contributed by atoms with Crippen LogP contribution in [-0.4, -0.2) is 81.4 Å². The highest BCUT2D eigenvalue weighted by atomic mass is 32.1. The van der Waals surface area contributed by atoms with E-state index in [-0.39, 0.29) is 37.6 Å². The van der Waals surface area contributed by atoms with E-state index in [9.17, 15) is 18.0 Å². The van der Waals surface area contributed by atoms with Crippen LogP contribution >= 0.6 is 13.5 Å². The SMILES string of the molecule is CNC(=O)c1c(F)cnc2c([C@H](C)CNc3cc(-c4cnc(NC5CCN(CC(F)F)CC5)nc4)ncn3)cccc12.S. The lowest BCUT2D eigenvalue weighted by Crippen LogP contribution is -2.41. The van der Waals surface area contributed by atoms with Crippen molar-refractivity contribution in [3.05, 3.63) is 66.1 Å². The maximum atomic E-state index is 14.4. The Hall–Kier alpha value is -4.04. The number of pyridine rings is 1. The lowest BCUT2D eigenvalue weighted by molar-refractivity contribution is 0.0769. The molecule has 0 aliphatic carbocycles. The molecule has 0 saturated carbocycles. The Morgan fingerprint density at radius 1 is 1.07 bits per heavy atom. The molecule has 4 heterocycles. The molecule has 43 heavy (non-hydrogen) atoms. The summed E-state index contributed by atoms with van der Waals surface area (Å²) in [4.78, 5) is 35.9. The highest BCUT2D eigenvalue weighted by Crippen LogP contribution is 2.28. The fourth-order valence-electron chi connectivity index (χ4n) is 5.13. The van der Waals surface area contributed by atoms with Gasteiger partial charge in [0.2, 0.25) is 5.95 Å². The molecule has 1 fully saturated rings. The number of amides is 1. The zero-order chi connectivity index (χ0) is 29.6. The van der Waals surface area contributed by atoms with Crippen LogP contribution in [0.1, 0.15) is 41.6 Å². The number of aromatic nitrogens is 5. The van der Waals surface area contributed by atoms with E-state index in [4.69, 9.17) is 0 Å². The average Bonchev–Trinajstić information content (AvgIpc) is 3.00. The number of halogens is 3. The van der Waals surface area contributed by atoms with Gasteiger partial charge in [0.25, 0.3) is 12.3 Å². The van der Waals surface area contributed by atoms with Crippen molar-refractivity contribution in [2.45, 2.75) is 38.2 Å². The lowest BCUT2D eigenvalue weighted by Gasteiger charge is -2.31. The summed E-state index contributed by atoms with van der Waals surface area (Å²) in [5.41, 5.74) is 2.77. The van der Waals surface area contributed by atoms with Gasteiger partial charge in [-0.2, -0.15) is 13.5 Å². The molecule has 5 rings (SSSR count). The molecule has 10 nitrogen and oxygen atoms in total. The molecule has 228 valence electrons. The summed E-state index contributed by atoms with van der Waals surface area (Å²) in [6, 6.07) is 7.33. The minimum atomic E-state index is -2.31. The third kappa shape index (κ3) is 7.68. The zero-order valence-corrected chi connectivity index (χ0v) is 24.8. The van der Waals surface area contributed by atoms with Crippen molar-refractivity contribution in [1.82, 2.24) is 35.1 Å². The number of hydrogen-bond donors (Lipinski definition) is 3. The van der Waals surface area contributed by atoms with E-state index >= 15 is 0 Å². The summed E-state index contributed by atoms with van der Waals surface area (Å²) in [5.74, 6) is -0.125. The number of alkyl halides is 2. The molecule has 0 spiro atoms. The number of para-hydroxylation sites is 1. The van der Waals surface area contributed by atoms with Gasteiger partial charge in [-0.15, -0.1) is 0 Å². The van der Waals surface area contributed by atoms with Gasteiger partial charge >= 0.3 is 0 Å². The molecular weight excluding hydrogens is 579 g/mol. The molecule has 0 bridgehead atoms. The van der Waals surface area contributed by atoms with E-state index in [0.717, 1.165) is 24.6 Å². The minimum Gasteiger partial charge on any atom is -0.369 e. The second kappa shape index (κ2) is 14.4. The van der Waals surface area contributed by atoms with Crippen LogP contribution in [0.4, 0.5) is 24.9 Å². The Bertz CT molecular complexity index is 1540. The zero-order valence-electron chi connectivity index (χ0n) is 23.8. The first-order chi connectivity index (χ1) is 20.3. The van der Waals surface area contributed by atoms with Crippen molar-refractivity contribution in [1.29, 1.82) is 0 Å². The molecule has 0 unspecified atom stereocenters. The molecule has 1 atom stereocenters. The number of carbonyl (C=O) groups is 1. The number of nitrogens with zero attached hydrogens (tertiary/aromatic N) is 6. The minimum absolute atomic E-state index is 0. The number of nitrogens with one attached hydrogen (secondary N) is 3. The molecule has 3 N–H and O–H groups in total. The van der Waals surface area contributed by atoms with Crippen LogP contribution in [0.25, 0.3) is 22.2 Å². The van der Waals surface area contributed by atoms with Gasteiger partial charge in [-0.3, -0.25) is 14.7 Å². The third-order valence-electron chi connectivity index (χ3n) is 7.39. The Morgan fingerprint density at radius 3 is 2.51 bits per heavy atom. The fourth-order valence-corrected chi connectivity index (χ4v) is 5.13. The molecular formula is C29H34F3N9OS. The molecule has 3 aromatic heterocycles. The molecule has 1 saturated heterocycles. The van der Waals surface area contributed by atoms with Crippen LogP contribution in [0.15, 0.2) is 49.2 Å². The van der Waals surface area contributed by atoms with Gasteiger partial charge in [-0.05, 0) is 18.4 Å². The largest absolute Gasteiger partial charge is 0.369 e. The first-order valence-electron chi connectivity index (χ1n) is 13.8. The van der Waals surface area contributed by atoms with Crippen LogP contribution in [0.5, 0.6) is 0 Å². The van der Waals surface area contributed by atoms with E-state index in [1.54, 1.807) is 35.5 Å². The van der Waals surface area contributed by atoms with Crippen LogP contribution in [0, 0.1) is 5.82 Å². The highest BCUT2D eigenvalue weighted by molar-refractivity contribution is 7.59. The predicted octanol–water partition coefficient (Wildman–Crippen LogP) is 4.45. The Labute approximate surface area is 254 Å². The van der Waals surface area contributed by atoms with E-state index < -0.39 is 18.1 Å². The van der Waals surface area contributed by atoms with Gasteiger partial charge in [-0.1, -0.05) is 25.1 Å². The second-order valence-electron chi connectivity index (χ2n) is 10.3. The van der Waals surface area contributed by atoms with Crippen molar-refractivity contribution >= 4 is 42.1 Å². The van der Waals surface area contributed by atoms with E-state index in [2.05, 4.69) is 40.9 Å². The van der Waals surface area contributed by atoms with Crippen molar-refractivity contribution in [3.63, 3.8) is 0 Å². The third-order valence-corrected chi connectivity index (χ3v) is 7.39. The van der Waals surface area contributed by atoms with Crippen molar-refractivity contribution < 1.29 is 18.0 Å². The molecule has 14 heteroatoms. The van der Waals surface area contributed by atoms with Gasteiger partial charge in [0, 0.05) is 68.1 Å². The number of likely N-dealkylation sites (tertiary alicyclic amines) is 1. The lowest BCUT2D eigenvalue weighted by atomic mass is 9.96. The predicted molar refractivity (Wildman–Crippen MR) is 165 cm³/mol. The number of fused-ring (bicyclic) bond motifs is 1. The Morgan fingerprint density at radius 2 is 1.81 bits per heavy atom. The summed E-state index contributed by atoms with van der Waals surface area (Å²) in [6.07, 6.45) is 5.08. The summed E-state index contributed by atoms with van der Waals surface area (Å²) in [7, 11) is 1.46. The van der Waals surface area contributed by atoms with Gasteiger partial charge in [0.1, 0.15) is 12.1 Å². The average molecular weight is 614 g/mol. The summed E-state index contributed by atoms with van der Waals surface area (Å²) >= 11 is 0. The van der Waals surface area contributed by atoms with Crippen molar-refractivity contribution in [2.75, 3.05) is 43.9 Å². The first-order valence-corrected chi connectivity index (χ1v) is 13.8. The molecule has 4 aromatic rings. The van der Waals surface area contributed by atoms with Crippen LogP contribution in [0.3, 0.4) is 0 Å². The van der Waals surface area contributed by atoms with Crippen LogP contribution < -0.4 is 16.0 Å². The van der Waals surface area contributed by atoms with Gasteiger partial charge in [-0.25, -0.2) is 33.1 Å². The second-order valence-corrected chi connectivity index (χ2v) is 10.3. The van der Waals surface area contributed by atoms with E-state index in [1.807, 2.05) is 13.0 Å². The summed E-state index contributed by atoms with van der Waals surface area (Å²) in [6.45, 7) is 3.55. The smallest absolute Gasteiger partial charge is 0.254 e. The van der Waals surface area contributed by atoms with Crippen LogP contribution in [-0.2, 0) is 0 Å². The maximum absolute atomic E-state index is 14.4. The Balaban J connectivity index is 0.00000423. The number of piperidine rings is 1. The molecule has 1 amide bonds. The first kappa shape index (κ1) is 31.9. The molecule has 1 aliphatic heterocycles. The van der Waals surface area contributed by atoms with E-state index in [0.29, 0.717) is 53.6 Å². The van der Waals surface area contributed by atoms with Crippen LogP contribution in [0.2, 0.25) is 0 Å². The molecule has 0 radical (unpaired) electrons. The molecule has 1 aliphatic rings. The number of rotatable bonds is 10. The fraction of sp³-hybridized carbons (Fsp3) is 0.379. The quantitative estimate of drug-likeness (QED) is 0.238. The topological polar surface area (TPSA) is 121 Å². The van der Waals surface area contributed by atoms with Gasteiger partial charge in [0.05, 0.1) is 29.5 Å². The normalized spacial score (nSPS) is 14.7. The van der Waals surface area contributed by atoms with Crippen molar-refractivity contribution in [2.24, 2.45) is 0 Å². The summed E-state index contributed by atoms with van der Waals surface area (Å²) in [5, 5.41) is 9.56. The van der Waals surface area contributed by atoms with Gasteiger partial charge < -0.3 is 16.0 Å². The monoisotopic (exact) mass is 613 g/mol. The van der Waals surface area contributed by atoms with Crippen molar-refractivity contribution in [3.8, 4) is 11.3 Å². The number of benzene rings is 1. The standard InChI is InChI=1S/C29H32F3N9O.H2S/c1-17(20-4-3-5-21-26(28(42)33-2)22(30)14-35-27(20)21)11-34-25-10-23(38-16-39-25)18-12-36-29(37-13-18)40-19-6-8-41(9-7-19)15-24(31)32;/h3-5,10,12-14,16-17,19,24H,6-9,11,15H2,1-2H3,(H,33,42)(H,34,38,39)(H,36,37,40);1H2/t17-;/m1./s1. The Kier molecular flexibility index (Phi) is 10.7. The molecule has 1 aromatic carbocycles. The number of hydrogen-bond acceptors (Lipinski definition) is 9. The number of carbonyl (C=O) groups excluding carboxylic acids is 1. The maximum Gasteiger partial charge on any atom is 0.254 e. The van der Waals surface area contributed by atoms with Gasteiger partial charge in [0.15, 0.2) is 5.82 Å². The van der Waals surface area contributed by atoms with E-state index in [1.165, 1.54) is 13.4 Å². The summed E-state index contributed by atoms with van der Waals surface area (Å²) < 4.78 is 39.6. The number of anilines is 2. The highest BCUT2D eigenvalue weighted by Gasteiger charge is 2.22.